The van der Waals surface area contributed by atoms with Crippen LogP contribution < -0.4 is 10.2 Å². The molecule has 1 aliphatic heterocycles. The molecule has 4 nitrogen and oxygen atoms in total. The Kier molecular flexibility index (Phi) is 4.66. The van der Waals surface area contributed by atoms with Crippen molar-refractivity contribution in [2.45, 2.75) is 58.9 Å². The summed E-state index contributed by atoms with van der Waals surface area (Å²) in [7, 11) is 0. The molecule has 20 heavy (non-hydrogen) atoms. The third kappa shape index (κ3) is 4.18. The van der Waals surface area contributed by atoms with E-state index in [2.05, 4.69) is 55.9 Å². The monoisotopic (exact) mass is 277 g/mol. The number of hydrogen-bond acceptors (Lipinski definition) is 4. The summed E-state index contributed by atoms with van der Waals surface area (Å²) >= 11 is 0. The Morgan fingerprint density at radius 3 is 2.55 bits per heavy atom. The van der Waals surface area contributed by atoms with Crippen molar-refractivity contribution in [2.75, 3.05) is 18.0 Å². The van der Waals surface area contributed by atoms with E-state index in [4.69, 9.17) is 4.74 Å². The molecule has 112 valence electrons. The number of aromatic nitrogens is 1. The molecule has 2 heterocycles. The van der Waals surface area contributed by atoms with Gasteiger partial charge in [0.1, 0.15) is 5.82 Å². The molecule has 1 N–H and O–H groups in total. The number of anilines is 1. The largest absolute Gasteiger partial charge is 0.372 e. The lowest BCUT2D eigenvalue weighted by Crippen LogP contribution is -2.46. The second kappa shape index (κ2) is 6.10. The molecule has 0 saturated carbocycles. The molecule has 1 aromatic rings. The zero-order chi connectivity index (χ0) is 14.8. The number of pyridine rings is 1. The van der Waals surface area contributed by atoms with Crippen molar-refractivity contribution in [3.8, 4) is 0 Å². The molecule has 0 bridgehead atoms. The van der Waals surface area contributed by atoms with E-state index in [-0.39, 0.29) is 17.7 Å². The Morgan fingerprint density at radius 2 is 1.95 bits per heavy atom. The summed E-state index contributed by atoms with van der Waals surface area (Å²) in [5, 5.41) is 3.54. The van der Waals surface area contributed by atoms with Gasteiger partial charge in [-0.3, -0.25) is 0 Å². The van der Waals surface area contributed by atoms with Gasteiger partial charge in [-0.2, -0.15) is 0 Å². The minimum Gasteiger partial charge on any atom is -0.372 e. The van der Waals surface area contributed by atoms with Gasteiger partial charge in [-0.05, 0) is 40.7 Å². The fraction of sp³-hybridized carbons (Fsp3) is 0.688. The Hall–Kier alpha value is -1.13. The molecule has 1 aliphatic rings. The Labute approximate surface area is 122 Å². The maximum Gasteiger partial charge on any atom is 0.133 e. The third-order valence-corrected chi connectivity index (χ3v) is 3.40. The summed E-state index contributed by atoms with van der Waals surface area (Å²) < 4.78 is 5.81. The van der Waals surface area contributed by atoms with E-state index >= 15 is 0 Å². The molecule has 1 aromatic heterocycles. The van der Waals surface area contributed by atoms with Crippen LogP contribution in [-0.2, 0) is 11.3 Å². The molecular formula is C16H27N3O. The van der Waals surface area contributed by atoms with E-state index in [1.54, 1.807) is 0 Å². The summed E-state index contributed by atoms with van der Waals surface area (Å²) in [6.07, 6.45) is 2.38. The lowest BCUT2D eigenvalue weighted by Gasteiger charge is -2.37. The fourth-order valence-electron chi connectivity index (χ4n) is 2.56. The summed E-state index contributed by atoms with van der Waals surface area (Å²) in [6.45, 7) is 13.4. The van der Waals surface area contributed by atoms with Crippen LogP contribution in [0.25, 0.3) is 0 Å². The van der Waals surface area contributed by atoms with Gasteiger partial charge in [0.2, 0.25) is 0 Å². The Morgan fingerprint density at radius 1 is 1.30 bits per heavy atom. The molecule has 0 radical (unpaired) electrons. The van der Waals surface area contributed by atoms with Crippen LogP contribution in [-0.4, -0.2) is 35.8 Å². The van der Waals surface area contributed by atoms with Crippen molar-refractivity contribution in [3.63, 3.8) is 0 Å². The first-order chi connectivity index (χ1) is 9.35. The van der Waals surface area contributed by atoms with Gasteiger partial charge in [-0.25, -0.2) is 4.98 Å². The van der Waals surface area contributed by atoms with Crippen LogP contribution in [0.15, 0.2) is 18.3 Å². The zero-order valence-electron chi connectivity index (χ0n) is 13.3. The van der Waals surface area contributed by atoms with E-state index in [9.17, 15) is 0 Å². The lowest BCUT2D eigenvalue weighted by atomic mass is 10.1. The number of nitrogens with zero attached hydrogens (tertiary/aromatic N) is 2. The quantitative estimate of drug-likeness (QED) is 0.921. The highest BCUT2D eigenvalue weighted by molar-refractivity contribution is 5.47. The van der Waals surface area contributed by atoms with Crippen LogP contribution in [0, 0.1) is 0 Å². The van der Waals surface area contributed by atoms with Gasteiger partial charge >= 0.3 is 0 Å². The summed E-state index contributed by atoms with van der Waals surface area (Å²) in [6, 6.07) is 4.17. The molecule has 4 heteroatoms. The van der Waals surface area contributed by atoms with E-state index in [0.717, 1.165) is 25.5 Å². The van der Waals surface area contributed by atoms with Gasteiger partial charge in [0.05, 0.1) is 12.2 Å². The second-order valence-electron chi connectivity index (χ2n) is 6.75. The summed E-state index contributed by atoms with van der Waals surface area (Å²) in [5.41, 5.74) is 1.36. The average Bonchev–Trinajstić information content (AvgIpc) is 2.34. The molecule has 0 amide bonds. The summed E-state index contributed by atoms with van der Waals surface area (Å²) in [4.78, 5) is 6.95. The van der Waals surface area contributed by atoms with Crippen LogP contribution in [0.3, 0.4) is 0 Å². The SMILES string of the molecule is CC1CN(c2ncccc2CNC(C)(C)C)CC(C)O1. The van der Waals surface area contributed by atoms with Crippen molar-refractivity contribution in [3.05, 3.63) is 23.9 Å². The third-order valence-electron chi connectivity index (χ3n) is 3.40. The smallest absolute Gasteiger partial charge is 0.133 e. The van der Waals surface area contributed by atoms with E-state index in [0.29, 0.717) is 0 Å². The van der Waals surface area contributed by atoms with Crippen LogP contribution in [0.2, 0.25) is 0 Å². The van der Waals surface area contributed by atoms with Crippen LogP contribution in [0.1, 0.15) is 40.2 Å². The lowest BCUT2D eigenvalue weighted by molar-refractivity contribution is -0.00551. The van der Waals surface area contributed by atoms with Gasteiger partial charge < -0.3 is 15.0 Å². The van der Waals surface area contributed by atoms with Crippen LogP contribution in [0.5, 0.6) is 0 Å². The molecule has 2 unspecified atom stereocenters. The maximum absolute atomic E-state index is 5.81. The molecule has 2 atom stereocenters. The van der Waals surface area contributed by atoms with Crippen molar-refractivity contribution < 1.29 is 4.74 Å². The molecule has 0 spiro atoms. The first-order valence-corrected chi connectivity index (χ1v) is 7.44. The molecule has 1 saturated heterocycles. The topological polar surface area (TPSA) is 37.4 Å². The molecule has 1 fully saturated rings. The Balaban J connectivity index is 2.14. The number of rotatable bonds is 3. The van der Waals surface area contributed by atoms with E-state index in [1.165, 1.54) is 5.56 Å². The molecular weight excluding hydrogens is 250 g/mol. The predicted octanol–water partition coefficient (Wildman–Crippen LogP) is 2.58. The number of ether oxygens (including phenoxy) is 1. The molecule has 0 aromatic carbocycles. The van der Waals surface area contributed by atoms with Gasteiger partial charge in [0.25, 0.3) is 0 Å². The first-order valence-electron chi connectivity index (χ1n) is 7.44. The second-order valence-corrected chi connectivity index (χ2v) is 6.75. The fourth-order valence-corrected chi connectivity index (χ4v) is 2.56. The number of nitrogens with one attached hydrogen (secondary N) is 1. The first kappa shape index (κ1) is 15.3. The Bertz CT molecular complexity index is 432. The van der Waals surface area contributed by atoms with Crippen molar-refractivity contribution >= 4 is 5.82 Å². The number of morpholine rings is 1. The highest BCUT2D eigenvalue weighted by Gasteiger charge is 2.24. The van der Waals surface area contributed by atoms with Crippen molar-refractivity contribution in [1.82, 2.24) is 10.3 Å². The van der Waals surface area contributed by atoms with Gasteiger partial charge in [0.15, 0.2) is 0 Å². The zero-order valence-corrected chi connectivity index (χ0v) is 13.3. The van der Waals surface area contributed by atoms with Gasteiger partial charge in [-0.1, -0.05) is 6.07 Å². The maximum atomic E-state index is 5.81. The van der Waals surface area contributed by atoms with Crippen molar-refractivity contribution in [2.24, 2.45) is 0 Å². The number of hydrogen-bond donors (Lipinski definition) is 1. The van der Waals surface area contributed by atoms with Crippen molar-refractivity contribution in [1.29, 1.82) is 0 Å². The highest BCUT2D eigenvalue weighted by atomic mass is 16.5. The van der Waals surface area contributed by atoms with E-state index in [1.807, 2.05) is 12.3 Å². The summed E-state index contributed by atoms with van der Waals surface area (Å²) in [5.74, 6) is 1.09. The minimum atomic E-state index is 0.110. The van der Waals surface area contributed by atoms with Crippen LogP contribution >= 0.6 is 0 Å². The molecule has 0 aliphatic carbocycles. The molecule has 2 rings (SSSR count). The van der Waals surface area contributed by atoms with Crippen LogP contribution in [0.4, 0.5) is 5.82 Å². The van der Waals surface area contributed by atoms with Gasteiger partial charge in [0, 0.05) is 36.9 Å². The standard InChI is InChI=1S/C16H27N3O/c1-12-10-19(11-13(2)20-12)15-14(7-6-8-17-15)9-18-16(3,4)5/h6-8,12-13,18H,9-11H2,1-5H3. The highest BCUT2D eigenvalue weighted by Crippen LogP contribution is 2.22. The normalized spacial score (nSPS) is 23.9. The average molecular weight is 277 g/mol. The predicted molar refractivity (Wildman–Crippen MR) is 83.1 cm³/mol. The van der Waals surface area contributed by atoms with Gasteiger partial charge in [-0.15, -0.1) is 0 Å². The van der Waals surface area contributed by atoms with E-state index < -0.39 is 0 Å². The minimum absolute atomic E-state index is 0.110.